The standard InChI is InChI=1S/C13H23N3O2/c1-13(2,3)18-12(17)16-10-6(4-14)8(10)9-7(5-15)11(9)16/h6-11H,4-5,14-15H2,1-3H3. The van der Waals surface area contributed by atoms with Gasteiger partial charge >= 0.3 is 6.09 Å². The zero-order chi connectivity index (χ0) is 13.2. The third kappa shape index (κ3) is 1.57. The number of likely N-dealkylation sites (tertiary alicyclic amines) is 1. The number of nitrogens with two attached hydrogens (primary N) is 2. The molecule has 0 bridgehead atoms. The monoisotopic (exact) mass is 253 g/mol. The molecule has 0 aromatic rings. The molecule has 1 amide bonds. The Hall–Kier alpha value is -0.810. The van der Waals surface area contributed by atoms with Crippen molar-refractivity contribution >= 4 is 6.09 Å². The van der Waals surface area contributed by atoms with E-state index in [9.17, 15) is 4.79 Å². The van der Waals surface area contributed by atoms with Crippen LogP contribution in [0.1, 0.15) is 20.8 Å². The van der Waals surface area contributed by atoms with E-state index < -0.39 is 5.60 Å². The van der Waals surface area contributed by atoms with Crippen molar-refractivity contribution in [2.24, 2.45) is 35.1 Å². The maximum Gasteiger partial charge on any atom is 0.410 e. The lowest BCUT2D eigenvalue weighted by Crippen LogP contribution is -2.41. The lowest BCUT2D eigenvalue weighted by molar-refractivity contribution is 0.0211. The Labute approximate surface area is 108 Å². The van der Waals surface area contributed by atoms with E-state index in [0.29, 0.717) is 48.8 Å². The van der Waals surface area contributed by atoms with Gasteiger partial charge in [-0.15, -0.1) is 0 Å². The largest absolute Gasteiger partial charge is 0.444 e. The van der Waals surface area contributed by atoms with Gasteiger partial charge in [-0.1, -0.05) is 0 Å². The summed E-state index contributed by atoms with van der Waals surface area (Å²) in [6.45, 7) is 7.02. The first-order valence-corrected chi connectivity index (χ1v) is 6.82. The summed E-state index contributed by atoms with van der Waals surface area (Å²) in [5.74, 6) is 2.10. The van der Waals surface area contributed by atoms with Crippen LogP contribution in [-0.2, 0) is 4.74 Å². The quantitative estimate of drug-likeness (QED) is 0.745. The third-order valence-electron chi connectivity index (χ3n) is 4.61. The van der Waals surface area contributed by atoms with Gasteiger partial charge in [-0.3, -0.25) is 0 Å². The first-order chi connectivity index (χ1) is 8.40. The predicted octanol–water partition coefficient (Wildman–Crippen LogP) is 0.384. The molecule has 0 aromatic heterocycles. The molecule has 0 spiro atoms. The molecule has 1 heterocycles. The Morgan fingerprint density at radius 1 is 1.11 bits per heavy atom. The van der Waals surface area contributed by atoms with E-state index in [2.05, 4.69) is 0 Å². The molecule has 1 aliphatic heterocycles. The second-order valence-electron chi connectivity index (χ2n) is 6.82. The summed E-state index contributed by atoms with van der Waals surface area (Å²) in [5.41, 5.74) is 11.1. The van der Waals surface area contributed by atoms with E-state index in [-0.39, 0.29) is 6.09 Å². The Morgan fingerprint density at radius 3 is 1.89 bits per heavy atom. The Kier molecular flexibility index (Phi) is 2.45. The topological polar surface area (TPSA) is 81.6 Å². The molecule has 4 N–H and O–H groups in total. The van der Waals surface area contributed by atoms with E-state index >= 15 is 0 Å². The van der Waals surface area contributed by atoms with Crippen molar-refractivity contribution in [3.8, 4) is 0 Å². The molecular weight excluding hydrogens is 230 g/mol. The van der Waals surface area contributed by atoms with Crippen LogP contribution in [0.4, 0.5) is 4.79 Å². The van der Waals surface area contributed by atoms with Crippen LogP contribution in [0.2, 0.25) is 0 Å². The smallest absolute Gasteiger partial charge is 0.410 e. The number of hydrogen-bond acceptors (Lipinski definition) is 4. The number of hydrogen-bond donors (Lipinski definition) is 2. The highest BCUT2D eigenvalue weighted by molar-refractivity contribution is 5.72. The molecule has 3 fully saturated rings. The first-order valence-electron chi connectivity index (χ1n) is 6.82. The zero-order valence-electron chi connectivity index (χ0n) is 11.3. The van der Waals surface area contributed by atoms with Crippen LogP contribution in [0.15, 0.2) is 0 Å². The molecule has 0 radical (unpaired) electrons. The minimum Gasteiger partial charge on any atom is -0.444 e. The van der Waals surface area contributed by atoms with Crippen molar-refractivity contribution in [2.75, 3.05) is 13.1 Å². The van der Waals surface area contributed by atoms with Crippen LogP contribution in [0.25, 0.3) is 0 Å². The van der Waals surface area contributed by atoms with Gasteiger partial charge in [0.2, 0.25) is 0 Å². The van der Waals surface area contributed by atoms with E-state index in [1.165, 1.54) is 0 Å². The number of rotatable bonds is 2. The highest BCUT2D eigenvalue weighted by atomic mass is 16.6. The molecule has 5 nitrogen and oxygen atoms in total. The zero-order valence-corrected chi connectivity index (χ0v) is 11.3. The average molecular weight is 253 g/mol. The number of carbonyl (C=O) groups is 1. The summed E-state index contributed by atoms with van der Waals surface area (Å²) in [7, 11) is 0. The summed E-state index contributed by atoms with van der Waals surface area (Å²) < 4.78 is 5.51. The van der Waals surface area contributed by atoms with Crippen LogP contribution in [0.5, 0.6) is 0 Å². The number of carbonyl (C=O) groups excluding carboxylic acids is 1. The van der Waals surface area contributed by atoms with Crippen molar-refractivity contribution in [3.63, 3.8) is 0 Å². The van der Waals surface area contributed by atoms with Crippen LogP contribution < -0.4 is 11.5 Å². The number of nitrogens with zero attached hydrogens (tertiary/aromatic N) is 1. The molecular formula is C13H23N3O2. The molecule has 6 unspecified atom stereocenters. The number of piperidine rings is 2. The van der Waals surface area contributed by atoms with Crippen molar-refractivity contribution < 1.29 is 9.53 Å². The second-order valence-corrected chi connectivity index (χ2v) is 6.82. The fraction of sp³-hybridized carbons (Fsp3) is 0.923. The summed E-state index contributed by atoms with van der Waals surface area (Å²) in [5, 5.41) is 0. The van der Waals surface area contributed by atoms with E-state index in [1.807, 2.05) is 25.7 Å². The minimum atomic E-state index is -0.440. The van der Waals surface area contributed by atoms with Crippen LogP contribution in [-0.4, -0.2) is 41.8 Å². The van der Waals surface area contributed by atoms with Crippen LogP contribution >= 0.6 is 0 Å². The van der Waals surface area contributed by atoms with Crippen molar-refractivity contribution in [1.29, 1.82) is 0 Å². The van der Waals surface area contributed by atoms with Gasteiger partial charge in [-0.2, -0.15) is 0 Å². The van der Waals surface area contributed by atoms with Gasteiger partial charge in [0.15, 0.2) is 0 Å². The highest BCUT2D eigenvalue weighted by Crippen LogP contribution is 2.68. The van der Waals surface area contributed by atoms with Gasteiger partial charge in [-0.25, -0.2) is 4.79 Å². The lowest BCUT2D eigenvalue weighted by Gasteiger charge is -2.27. The first kappa shape index (κ1) is 12.2. The van der Waals surface area contributed by atoms with Gasteiger partial charge in [0.05, 0.1) is 0 Å². The molecule has 6 atom stereocenters. The molecule has 5 heteroatoms. The fourth-order valence-corrected chi connectivity index (χ4v) is 3.92. The molecule has 2 saturated carbocycles. The minimum absolute atomic E-state index is 0.183. The van der Waals surface area contributed by atoms with Gasteiger partial charge < -0.3 is 21.1 Å². The molecule has 102 valence electrons. The molecule has 0 aromatic carbocycles. The highest BCUT2D eigenvalue weighted by Gasteiger charge is 2.77. The molecule has 1 saturated heterocycles. The van der Waals surface area contributed by atoms with Gasteiger partial charge in [0.25, 0.3) is 0 Å². The van der Waals surface area contributed by atoms with E-state index in [0.717, 1.165) is 0 Å². The van der Waals surface area contributed by atoms with Crippen molar-refractivity contribution in [1.82, 2.24) is 4.90 Å². The summed E-state index contributed by atoms with van der Waals surface area (Å²) >= 11 is 0. The summed E-state index contributed by atoms with van der Waals surface area (Å²) in [6.07, 6.45) is -0.183. The Bertz CT molecular complexity index is 357. The average Bonchev–Trinajstić information content (AvgIpc) is 3.10. The number of amides is 1. The summed E-state index contributed by atoms with van der Waals surface area (Å²) in [6, 6.07) is 0.644. The normalized spacial score (nSPS) is 44.4. The van der Waals surface area contributed by atoms with Crippen molar-refractivity contribution in [2.45, 2.75) is 38.5 Å². The van der Waals surface area contributed by atoms with Crippen LogP contribution in [0, 0.1) is 23.7 Å². The maximum atomic E-state index is 12.3. The maximum absolute atomic E-state index is 12.3. The Morgan fingerprint density at radius 2 is 1.56 bits per heavy atom. The third-order valence-corrected chi connectivity index (χ3v) is 4.61. The fourth-order valence-electron chi connectivity index (χ4n) is 3.92. The lowest BCUT2D eigenvalue weighted by atomic mass is 10.2. The molecule has 18 heavy (non-hydrogen) atoms. The molecule has 3 rings (SSSR count). The van der Waals surface area contributed by atoms with Crippen molar-refractivity contribution in [3.05, 3.63) is 0 Å². The van der Waals surface area contributed by atoms with E-state index in [1.54, 1.807) is 0 Å². The van der Waals surface area contributed by atoms with E-state index in [4.69, 9.17) is 16.2 Å². The second kappa shape index (κ2) is 3.61. The van der Waals surface area contributed by atoms with Gasteiger partial charge in [0.1, 0.15) is 5.60 Å². The Balaban J connectivity index is 1.74. The summed E-state index contributed by atoms with van der Waals surface area (Å²) in [4.78, 5) is 14.2. The SMILES string of the molecule is CC(C)(C)OC(=O)N1C2C(CN)C2C2C(CN)C21. The number of fused-ring (bicyclic) bond motifs is 3. The number of ether oxygens (including phenoxy) is 1. The predicted molar refractivity (Wildman–Crippen MR) is 67.7 cm³/mol. The van der Waals surface area contributed by atoms with Crippen LogP contribution in [0.3, 0.4) is 0 Å². The van der Waals surface area contributed by atoms with Gasteiger partial charge in [-0.05, 0) is 57.5 Å². The molecule has 2 aliphatic carbocycles. The molecule has 3 aliphatic rings. The van der Waals surface area contributed by atoms with Gasteiger partial charge in [0, 0.05) is 12.1 Å².